The summed E-state index contributed by atoms with van der Waals surface area (Å²) < 4.78 is 16.2. The van der Waals surface area contributed by atoms with E-state index < -0.39 is 5.82 Å². The average Bonchev–Trinajstić information content (AvgIpc) is 3.24. The van der Waals surface area contributed by atoms with Gasteiger partial charge in [0.2, 0.25) is 0 Å². The molecule has 0 aliphatic carbocycles. The summed E-state index contributed by atoms with van der Waals surface area (Å²) in [6, 6.07) is 6.76. The second-order valence-corrected chi connectivity index (χ2v) is 9.05. The molecule has 5 rings (SSSR count). The van der Waals surface area contributed by atoms with Crippen LogP contribution in [-0.2, 0) is 6.42 Å². The van der Waals surface area contributed by atoms with E-state index in [0.29, 0.717) is 36.8 Å². The van der Waals surface area contributed by atoms with Crippen molar-refractivity contribution in [2.24, 2.45) is 0 Å². The number of rotatable bonds is 3. The predicted octanol–water partition coefficient (Wildman–Crippen LogP) is 3.63. The Morgan fingerprint density at radius 3 is 2.81 bits per heavy atom. The molecule has 0 spiro atoms. The number of H-pyrrole nitrogens is 1. The van der Waals surface area contributed by atoms with Crippen molar-refractivity contribution in [3.05, 3.63) is 73.6 Å². The summed E-state index contributed by atoms with van der Waals surface area (Å²) in [5, 5.41) is 4.05. The molecule has 0 saturated carbocycles. The maximum atomic E-state index is 14.6. The van der Waals surface area contributed by atoms with E-state index in [1.54, 1.807) is 27.6 Å². The number of aromatic nitrogens is 2. The van der Waals surface area contributed by atoms with Crippen molar-refractivity contribution in [1.82, 2.24) is 19.6 Å². The van der Waals surface area contributed by atoms with Gasteiger partial charge in [0, 0.05) is 43.5 Å². The van der Waals surface area contributed by atoms with E-state index in [4.69, 9.17) is 23.2 Å². The van der Waals surface area contributed by atoms with Crippen molar-refractivity contribution >= 4 is 34.6 Å². The molecule has 31 heavy (non-hydrogen) atoms. The van der Waals surface area contributed by atoms with Crippen LogP contribution in [0.4, 0.5) is 4.39 Å². The standard InChI is InChI=1S/C22H21Cl2FN4O2/c23-17-9-19-21(30)26-10-15(29(19)20(17)24)7-12-1-4-18(25)16(8-12)22(31)28-6-5-13-2-3-14(11-28)27-13/h1,4,8-10,13-14,27H,2-3,5-7,11H2,(H,26,30). The lowest BCUT2D eigenvalue weighted by Crippen LogP contribution is -2.39. The maximum absolute atomic E-state index is 14.6. The number of nitrogens with zero attached hydrogens (tertiary/aromatic N) is 2. The molecule has 2 aromatic heterocycles. The topological polar surface area (TPSA) is 69.6 Å². The fraction of sp³-hybridized carbons (Fsp3) is 0.364. The highest BCUT2D eigenvalue weighted by Gasteiger charge is 2.32. The second-order valence-electron chi connectivity index (χ2n) is 8.28. The van der Waals surface area contributed by atoms with E-state index >= 15 is 0 Å². The van der Waals surface area contributed by atoms with Gasteiger partial charge in [0.25, 0.3) is 11.5 Å². The highest BCUT2D eigenvalue weighted by Crippen LogP contribution is 2.27. The Kier molecular flexibility index (Phi) is 5.28. The monoisotopic (exact) mass is 462 g/mol. The molecular formula is C22H21Cl2FN4O2. The summed E-state index contributed by atoms with van der Waals surface area (Å²) in [6.45, 7) is 1.21. The molecule has 4 heterocycles. The van der Waals surface area contributed by atoms with E-state index in [1.165, 1.54) is 12.1 Å². The zero-order valence-corrected chi connectivity index (χ0v) is 18.1. The molecule has 162 valence electrons. The van der Waals surface area contributed by atoms with Gasteiger partial charge in [-0.15, -0.1) is 0 Å². The first-order valence-electron chi connectivity index (χ1n) is 10.3. The quantitative estimate of drug-likeness (QED) is 0.624. The molecule has 2 unspecified atom stereocenters. The molecule has 3 aromatic rings. The van der Waals surface area contributed by atoms with Gasteiger partial charge >= 0.3 is 0 Å². The zero-order chi connectivity index (χ0) is 21.7. The van der Waals surface area contributed by atoms with Crippen LogP contribution >= 0.6 is 23.2 Å². The highest BCUT2D eigenvalue weighted by atomic mass is 35.5. The minimum atomic E-state index is -0.537. The van der Waals surface area contributed by atoms with Crippen molar-refractivity contribution < 1.29 is 9.18 Å². The number of fused-ring (bicyclic) bond motifs is 3. The largest absolute Gasteiger partial charge is 0.337 e. The minimum Gasteiger partial charge on any atom is -0.337 e. The van der Waals surface area contributed by atoms with Crippen LogP contribution < -0.4 is 10.9 Å². The fourth-order valence-corrected chi connectivity index (χ4v) is 5.12. The zero-order valence-electron chi connectivity index (χ0n) is 16.6. The van der Waals surface area contributed by atoms with Crippen molar-refractivity contribution in [2.45, 2.75) is 37.8 Å². The molecule has 2 bridgehead atoms. The van der Waals surface area contributed by atoms with Gasteiger partial charge in [0.05, 0.1) is 10.6 Å². The number of hydrogen-bond donors (Lipinski definition) is 2. The molecule has 6 nitrogen and oxygen atoms in total. The van der Waals surface area contributed by atoms with Gasteiger partial charge in [-0.1, -0.05) is 29.3 Å². The average molecular weight is 463 g/mol. The number of amides is 1. The minimum absolute atomic E-state index is 0.0626. The summed E-state index contributed by atoms with van der Waals surface area (Å²) >= 11 is 12.4. The molecule has 2 atom stereocenters. The van der Waals surface area contributed by atoms with Gasteiger partial charge in [-0.05, 0) is 43.0 Å². The second kappa shape index (κ2) is 7.97. The molecular weight excluding hydrogens is 442 g/mol. The lowest BCUT2D eigenvalue weighted by molar-refractivity contribution is 0.0743. The molecule has 2 saturated heterocycles. The molecule has 0 radical (unpaired) electrons. The molecule has 2 fully saturated rings. The molecule has 2 aliphatic rings. The summed E-state index contributed by atoms with van der Waals surface area (Å²) in [5.41, 5.74) is 1.49. The summed E-state index contributed by atoms with van der Waals surface area (Å²) in [5.74, 6) is -0.827. The molecule has 1 amide bonds. The van der Waals surface area contributed by atoms with Crippen LogP contribution in [0.3, 0.4) is 0 Å². The molecule has 2 aliphatic heterocycles. The molecule has 9 heteroatoms. The first-order chi connectivity index (χ1) is 14.9. The van der Waals surface area contributed by atoms with Crippen molar-refractivity contribution in [3.63, 3.8) is 0 Å². The van der Waals surface area contributed by atoms with Gasteiger partial charge in [-0.2, -0.15) is 0 Å². The molecule has 2 N–H and O–H groups in total. The van der Waals surface area contributed by atoms with Crippen LogP contribution in [0.5, 0.6) is 0 Å². The first-order valence-corrected chi connectivity index (χ1v) is 11.1. The Bertz CT molecular complexity index is 1240. The van der Waals surface area contributed by atoms with Crippen LogP contribution in [0.15, 0.2) is 35.3 Å². The van der Waals surface area contributed by atoms with Gasteiger partial charge < -0.3 is 15.2 Å². The Morgan fingerprint density at radius 1 is 1.16 bits per heavy atom. The number of likely N-dealkylation sites (tertiary alicyclic amines) is 1. The summed E-state index contributed by atoms with van der Waals surface area (Å²) in [7, 11) is 0. The number of carbonyl (C=O) groups is 1. The van der Waals surface area contributed by atoms with E-state index in [0.717, 1.165) is 24.8 Å². The normalized spacial score (nSPS) is 20.9. The number of hydrogen-bond acceptors (Lipinski definition) is 3. The third-order valence-electron chi connectivity index (χ3n) is 6.24. The molecule has 1 aromatic carbocycles. The lowest BCUT2D eigenvalue weighted by Gasteiger charge is -2.24. The summed E-state index contributed by atoms with van der Waals surface area (Å²) in [6.07, 6.45) is 4.95. The Balaban J connectivity index is 1.46. The van der Waals surface area contributed by atoms with Crippen LogP contribution in [0.1, 0.15) is 40.9 Å². The van der Waals surface area contributed by atoms with Gasteiger partial charge in [-0.25, -0.2) is 4.39 Å². The van der Waals surface area contributed by atoms with Crippen molar-refractivity contribution in [2.75, 3.05) is 13.1 Å². The number of nitrogens with one attached hydrogen (secondary N) is 2. The predicted molar refractivity (Wildman–Crippen MR) is 118 cm³/mol. The van der Waals surface area contributed by atoms with E-state index in [-0.39, 0.29) is 33.2 Å². The van der Waals surface area contributed by atoms with Crippen molar-refractivity contribution in [3.8, 4) is 0 Å². The fourth-order valence-electron chi connectivity index (χ4n) is 4.68. The first kappa shape index (κ1) is 20.5. The summed E-state index contributed by atoms with van der Waals surface area (Å²) in [4.78, 5) is 29.7. The van der Waals surface area contributed by atoms with Gasteiger partial charge in [0.1, 0.15) is 16.5 Å². The van der Waals surface area contributed by atoms with Crippen LogP contribution in [0.2, 0.25) is 10.2 Å². The van der Waals surface area contributed by atoms with Crippen LogP contribution in [0.25, 0.3) is 5.52 Å². The SMILES string of the molecule is O=C(c1cc(Cc2c[nH]c(=O)c3cc(Cl)c(Cl)n23)ccc1F)N1CCC2CCC(C1)N2. The van der Waals surface area contributed by atoms with E-state index in [2.05, 4.69) is 10.3 Å². The lowest BCUT2D eigenvalue weighted by atomic mass is 10.0. The van der Waals surface area contributed by atoms with Crippen molar-refractivity contribution in [1.29, 1.82) is 0 Å². The third-order valence-corrected chi connectivity index (χ3v) is 7.00. The van der Waals surface area contributed by atoms with E-state index in [1.807, 2.05) is 0 Å². The Morgan fingerprint density at radius 2 is 1.97 bits per heavy atom. The van der Waals surface area contributed by atoms with E-state index in [9.17, 15) is 14.0 Å². The highest BCUT2D eigenvalue weighted by molar-refractivity contribution is 6.42. The number of carbonyl (C=O) groups excluding carboxylic acids is 1. The maximum Gasteiger partial charge on any atom is 0.272 e. The Labute approximate surface area is 188 Å². The van der Waals surface area contributed by atoms with Gasteiger partial charge in [-0.3, -0.25) is 14.0 Å². The smallest absolute Gasteiger partial charge is 0.272 e. The van der Waals surface area contributed by atoms with Crippen LogP contribution in [-0.4, -0.2) is 45.4 Å². The van der Waals surface area contributed by atoms with Crippen LogP contribution in [0, 0.1) is 5.82 Å². The number of benzene rings is 1. The Hall–Kier alpha value is -2.35. The van der Waals surface area contributed by atoms with Gasteiger partial charge in [0.15, 0.2) is 0 Å². The number of aromatic amines is 1. The number of halogens is 3. The third kappa shape index (κ3) is 3.75.